The molecule has 4 aliphatic rings. The second kappa shape index (κ2) is 16.3. The van der Waals surface area contributed by atoms with E-state index in [2.05, 4.69) is 48.4 Å². The Morgan fingerprint density at radius 1 is 1.06 bits per heavy atom. The van der Waals surface area contributed by atoms with Crippen LogP contribution < -0.4 is 15.4 Å². The lowest BCUT2D eigenvalue weighted by Gasteiger charge is -2.62. The first-order valence-corrected chi connectivity index (χ1v) is 19.1. The summed E-state index contributed by atoms with van der Waals surface area (Å²) < 4.78 is 6.02. The van der Waals surface area contributed by atoms with Gasteiger partial charge in [-0.15, -0.1) is 0 Å². The lowest BCUT2D eigenvalue weighted by molar-refractivity contribution is -0.183. The molecule has 0 spiro atoms. The van der Waals surface area contributed by atoms with Crippen molar-refractivity contribution in [3.8, 4) is 16.9 Å². The number of rotatable bonds is 14. The zero-order chi connectivity index (χ0) is 38.0. The molecule has 7 rings (SSSR count). The molecule has 53 heavy (non-hydrogen) atoms. The highest BCUT2D eigenvalue weighted by molar-refractivity contribution is 5.96. The molecule has 0 aromatic heterocycles. The molecule has 1 heterocycles. The van der Waals surface area contributed by atoms with Crippen molar-refractivity contribution in [3.05, 3.63) is 89.5 Å². The number of hydrogen-bond acceptors (Lipinski definition) is 8. The van der Waals surface area contributed by atoms with Gasteiger partial charge in [-0.2, -0.15) is 5.06 Å². The molecular weight excluding hydrogens is 668 g/mol. The SMILES string of the molecule is COc1c(CN2O[C@@H](CO)[C@@H]([C@H](C)O)[C@H]2C(=O)N[C@H]2C[C@H]3C[C@@H]([C@@H]2C)C3(C)C)cccc1-c1cccc(C(=O)N[C@@H](Cc2ccccc2)CN(C)C)c1. The maximum atomic E-state index is 14.2. The molecule has 4 fully saturated rings. The van der Waals surface area contributed by atoms with Crippen LogP contribution in [-0.2, 0) is 22.6 Å². The molecule has 10 nitrogen and oxygen atoms in total. The van der Waals surface area contributed by atoms with E-state index in [1.165, 1.54) is 6.42 Å². The third-order valence-electron chi connectivity index (χ3n) is 12.4. The smallest absolute Gasteiger partial charge is 0.251 e. The highest BCUT2D eigenvalue weighted by Gasteiger charge is 2.57. The molecule has 3 aliphatic carbocycles. The number of methoxy groups -OCH3 is 1. The molecule has 0 unspecified atom stereocenters. The minimum Gasteiger partial charge on any atom is -0.496 e. The fourth-order valence-corrected chi connectivity index (χ4v) is 9.43. The number of benzene rings is 3. The number of fused-ring (bicyclic) bond motifs is 2. The minimum atomic E-state index is -0.892. The van der Waals surface area contributed by atoms with Crippen LogP contribution in [0.3, 0.4) is 0 Å². The van der Waals surface area contributed by atoms with Gasteiger partial charge in [0, 0.05) is 41.2 Å². The van der Waals surface area contributed by atoms with Gasteiger partial charge in [0.15, 0.2) is 0 Å². The van der Waals surface area contributed by atoms with Gasteiger partial charge in [0.1, 0.15) is 17.9 Å². The van der Waals surface area contributed by atoms with Crippen LogP contribution in [0, 0.1) is 29.1 Å². The van der Waals surface area contributed by atoms with E-state index >= 15 is 0 Å². The zero-order valence-corrected chi connectivity index (χ0v) is 32.3. The second-order valence-electron chi connectivity index (χ2n) is 16.4. The number of hydrogen-bond donors (Lipinski definition) is 4. The van der Waals surface area contributed by atoms with Crippen molar-refractivity contribution >= 4 is 11.8 Å². The summed E-state index contributed by atoms with van der Waals surface area (Å²) in [6.07, 6.45) is 1.21. The number of nitrogens with one attached hydrogen (secondary N) is 2. The van der Waals surface area contributed by atoms with Crippen molar-refractivity contribution in [3.63, 3.8) is 0 Å². The van der Waals surface area contributed by atoms with E-state index in [4.69, 9.17) is 9.57 Å². The van der Waals surface area contributed by atoms with Gasteiger partial charge in [0.2, 0.25) is 5.91 Å². The van der Waals surface area contributed by atoms with E-state index in [1.54, 1.807) is 19.1 Å². The largest absolute Gasteiger partial charge is 0.496 e. The molecule has 2 bridgehead atoms. The number of carbonyl (C=O) groups excluding carboxylic acids is 2. The molecule has 2 amide bonds. The Morgan fingerprint density at radius 3 is 2.43 bits per heavy atom. The predicted molar refractivity (Wildman–Crippen MR) is 206 cm³/mol. The summed E-state index contributed by atoms with van der Waals surface area (Å²) in [6.45, 7) is 9.10. The number of nitrogens with zero attached hydrogens (tertiary/aromatic N) is 2. The van der Waals surface area contributed by atoms with Gasteiger partial charge in [-0.05, 0) is 86.7 Å². The first-order valence-electron chi connectivity index (χ1n) is 19.1. The summed E-state index contributed by atoms with van der Waals surface area (Å²) in [7, 11) is 5.61. The monoisotopic (exact) mass is 726 g/mol. The molecule has 3 aromatic carbocycles. The Labute approximate surface area is 314 Å². The van der Waals surface area contributed by atoms with E-state index < -0.39 is 24.2 Å². The van der Waals surface area contributed by atoms with Gasteiger partial charge in [-0.1, -0.05) is 81.4 Å². The van der Waals surface area contributed by atoms with Crippen molar-refractivity contribution in [1.82, 2.24) is 20.6 Å². The zero-order valence-electron chi connectivity index (χ0n) is 32.3. The number of aliphatic hydroxyl groups excluding tert-OH is 2. The van der Waals surface area contributed by atoms with Crippen LogP contribution in [0.4, 0.5) is 0 Å². The number of amides is 2. The van der Waals surface area contributed by atoms with Crippen molar-refractivity contribution in [2.45, 2.75) is 83.8 Å². The number of para-hydroxylation sites is 1. The van der Waals surface area contributed by atoms with Gasteiger partial charge in [0.05, 0.1) is 26.4 Å². The first kappa shape index (κ1) is 38.9. The number of ether oxygens (including phenoxy) is 1. The average Bonchev–Trinajstić information content (AvgIpc) is 3.51. The Morgan fingerprint density at radius 2 is 1.79 bits per heavy atom. The lowest BCUT2D eigenvalue weighted by atomic mass is 9.45. The Kier molecular flexibility index (Phi) is 12.0. The summed E-state index contributed by atoms with van der Waals surface area (Å²) in [5, 5.41) is 29.4. The van der Waals surface area contributed by atoms with Crippen LogP contribution >= 0.6 is 0 Å². The Hall–Kier alpha value is -3.80. The molecule has 286 valence electrons. The van der Waals surface area contributed by atoms with Crippen LogP contribution in [0.1, 0.15) is 62.0 Å². The lowest BCUT2D eigenvalue weighted by Crippen LogP contribution is -2.62. The predicted octanol–water partition coefficient (Wildman–Crippen LogP) is 4.93. The maximum absolute atomic E-state index is 14.2. The third kappa shape index (κ3) is 8.17. The topological polar surface area (TPSA) is 124 Å². The molecule has 3 aromatic rings. The quantitative estimate of drug-likeness (QED) is 0.185. The Balaban J connectivity index is 1.23. The van der Waals surface area contributed by atoms with Crippen LogP contribution in [0.5, 0.6) is 5.75 Å². The summed E-state index contributed by atoms with van der Waals surface area (Å²) in [6, 6.07) is 22.6. The molecular formula is C43H58N4O6. The van der Waals surface area contributed by atoms with Crippen molar-refractivity contribution in [1.29, 1.82) is 0 Å². The molecule has 3 saturated carbocycles. The van der Waals surface area contributed by atoms with Gasteiger partial charge in [0.25, 0.3) is 5.91 Å². The van der Waals surface area contributed by atoms with Gasteiger partial charge in [-0.25, -0.2) is 0 Å². The number of aliphatic hydroxyl groups is 2. The van der Waals surface area contributed by atoms with Crippen molar-refractivity contribution < 1.29 is 29.4 Å². The highest BCUT2D eigenvalue weighted by Crippen LogP contribution is 2.61. The van der Waals surface area contributed by atoms with Crippen molar-refractivity contribution in [2.75, 3.05) is 34.4 Å². The van der Waals surface area contributed by atoms with E-state index in [0.717, 1.165) is 28.7 Å². The highest BCUT2D eigenvalue weighted by atomic mass is 16.7. The van der Waals surface area contributed by atoms with Crippen LogP contribution in [0.15, 0.2) is 72.8 Å². The summed E-state index contributed by atoms with van der Waals surface area (Å²) in [5.41, 5.74) is 4.35. The van der Waals surface area contributed by atoms with Gasteiger partial charge >= 0.3 is 0 Å². The molecule has 1 saturated heterocycles. The maximum Gasteiger partial charge on any atom is 0.251 e. The molecule has 0 radical (unpaired) electrons. The van der Waals surface area contributed by atoms with Crippen LogP contribution in [0.2, 0.25) is 0 Å². The van der Waals surface area contributed by atoms with E-state index in [9.17, 15) is 19.8 Å². The minimum absolute atomic E-state index is 0.0443. The average molecular weight is 727 g/mol. The normalized spacial score (nSPS) is 27.5. The summed E-state index contributed by atoms with van der Waals surface area (Å²) in [5.74, 6) is 1.08. The van der Waals surface area contributed by atoms with Crippen molar-refractivity contribution in [2.24, 2.45) is 29.1 Å². The molecule has 1 aliphatic heterocycles. The number of hydroxylamine groups is 2. The summed E-state index contributed by atoms with van der Waals surface area (Å²) >= 11 is 0. The molecule has 9 atom stereocenters. The van der Waals surface area contributed by atoms with E-state index in [-0.39, 0.29) is 42.5 Å². The summed E-state index contributed by atoms with van der Waals surface area (Å²) in [4.78, 5) is 36.2. The number of carbonyl (C=O) groups is 2. The first-order chi connectivity index (χ1) is 25.3. The fraction of sp³-hybridized carbons (Fsp3) is 0.535. The second-order valence-corrected chi connectivity index (χ2v) is 16.4. The van der Waals surface area contributed by atoms with Crippen LogP contribution in [-0.4, -0.2) is 96.7 Å². The number of likely N-dealkylation sites (N-methyl/N-ethyl adjacent to an activating group) is 1. The van der Waals surface area contributed by atoms with Crippen LogP contribution in [0.25, 0.3) is 11.1 Å². The van der Waals surface area contributed by atoms with E-state index in [1.807, 2.05) is 74.8 Å². The van der Waals surface area contributed by atoms with Gasteiger partial charge in [-0.3, -0.25) is 14.4 Å². The standard InChI is InChI=1S/C43H58N4O6/c1-26-35-21-32(43(35,3)4)22-36(26)45-42(51)39-38(27(2)49)37(25-48)53-47(39)23-31-17-12-18-34(40(31)52-7)29-15-11-16-30(20-29)41(50)44-33(24-46(5)6)19-28-13-9-8-10-14-28/h8-18,20,26-27,32-33,35-39,48-49H,19,21-25H2,1-7H3,(H,44,50)(H,45,51)/t26-,27-,32+,33-,35-,36-,37-,38+,39-/m0/s1. The molecule has 4 N–H and O–H groups in total. The fourth-order valence-electron chi connectivity index (χ4n) is 9.43. The third-order valence-corrected chi connectivity index (χ3v) is 12.4. The molecule has 10 heteroatoms. The Bertz CT molecular complexity index is 1730. The van der Waals surface area contributed by atoms with Gasteiger partial charge < -0.3 is 30.5 Å². The van der Waals surface area contributed by atoms with E-state index in [0.29, 0.717) is 42.0 Å².